The zero-order valence-corrected chi connectivity index (χ0v) is 13.9. The summed E-state index contributed by atoms with van der Waals surface area (Å²) in [5.41, 5.74) is 2.28. The van der Waals surface area contributed by atoms with Crippen LogP contribution < -0.4 is 5.32 Å². The summed E-state index contributed by atoms with van der Waals surface area (Å²) in [6.45, 7) is 1.90. The molecule has 3 aromatic rings. The van der Waals surface area contributed by atoms with Gasteiger partial charge >= 0.3 is 0 Å². The number of halogens is 1. The highest BCUT2D eigenvalue weighted by Gasteiger charge is 2.16. The van der Waals surface area contributed by atoms with Crippen LogP contribution in [0.5, 0.6) is 0 Å². The lowest BCUT2D eigenvalue weighted by atomic mass is 10.2. The number of pyridine rings is 1. The molecule has 6 heteroatoms. The second-order valence-electron chi connectivity index (χ2n) is 4.99. The fraction of sp³-hybridized carbons (Fsp3) is 0.118. The van der Waals surface area contributed by atoms with Crippen LogP contribution in [0, 0.1) is 0 Å². The number of hydrogen-bond acceptors (Lipinski definition) is 4. The average Bonchev–Trinajstić information content (AvgIpc) is 3.06. The summed E-state index contributed by atoms with van der Waals surface area (Å²) < 4.78 is 0. The van der Waals surface area contributed by atoms with E-state index >= 15 is 0 Å². The van der Waals surface area contributed by atoms with E-state index in [0.717, 1.165) is 16.3 Å². The summed E-state index contributed by atoms with van der Waals surface area (Å²) >= 11 is 7.56. The number of aromatic nitrogens is 2. The highest BCUT2D eigenvalue weighted by atomic mass is 35.5. The first kappa shape index (κ1) is 15.6. The lowest BCUT2D eigenvalue weighted by Gasteiger charge is -2.12. The molecule has 0 aliphatic heterocycles. The minimum atomic E-state index is -0.207. The van der Waals surface area contributed by atoms with Gasteiger partial charge in [-0.25, -0.2) is 4.98 Å². The van der Waals surface area contributed by atoms with Gasteiger partial charge in [0, 0.05) is 23.3 Å². The summed E-state index contributed by atoms with van der Waals surface area (Å²) in [5, 5.41) is 6.16. The van der Waals surface area contributed by atoms with Crippen molar-refractivity contribution in [2.24, 2.45) is 0 Å². The molecule has 1 unspecified atom stereocenters. The van der Waals surface area contributed by atoms with Crippen LogP contribution in [0.3, 0.4) is 0 Å². The Morgan fingerprint density at radius 1 is 1.26 bits per heavy atom. The minimum Gasteiger partial charge on any atom is -0.343 e. The van der Waals surface area contributed by atoms with Gasteiger partial charge in [-0.1, -0.05) is 23.7 Å². The zero-order chi connectivity index (χ0) is 16.2. The largest absolute Gasteiger partial charge is 0.343 e. The van der Waals surface area contributed by atoms with Crippen molar-refractivity contribution >= 4 is 28.8 Å². The standard InChI is InChI=1S/C17H14ClN3OS/c1-11(20-16(22)13-6-2-3-7-14(13)18)17-21-15(10-23-17)12-5-4-8-19-9-12/h2-11H,1H3,(H,20,22). The molecular formula is C17H14ClN3OS. The number of carbonyl (C=O) groups is 1. The van der Waals surface area contributed by atoms with E-state index in [2.05, 4.69) is 15.3 Å². The maximum Gasteiger partial charge on any atom is 0.253 e. The lowest BCUT2D eigenvalue weighted by Crippen LogP contribution is -2.26. The Kier molecular flexibility index (Phi) is 4.69. The van der Waals surface area contributed by atoms with E-state index in [0.29, 0.717) is 10.6 Å². The van der Waals surface area contributed by atoms with Crippen molar-refractivity contribution in [3.05, 3.63) is 69.8 Å². The molecule has 0 bridgehead atoms. The van der Waals surface area contributed by atoms with Crippen LogP contribution in [-0.2, 0) is 0 Å². The third kappa shape index (κ3) is 3.57. The van der Waals surface area contributed by atoms with Crippen molar-refractivity contribution in [1.29, 1.82) is 0 Å². The molecule has 1 aromatic carbocycles. The second kappa shape index (κ2) is 6.89. The molecule has 0 spiro atoms. The van der Waals surface area contributed by atoms with Crippen LogP contribution in [0.25, 0.3) is 11.3 Å². The molecular weight excluding hydrogens is 330 g/mol. The van der Waals surface area contributed by atoms with Crippen LogP contribution in [0.15, 0.2) is 54.2 Å². The maximum atomic E-state index is 12.3. The highest BCUT2D eigenvalue weighted by molar-refractivity contribution is 7.10. The maximum absolute atomic E-state index is 12.3. The molecule has 23 heavy (non-hydrogen) atoms. The van der Waals surface area contributed by atoms with Gasteiger partial charge in [0.25, 0.3) is 5.91 Å². The number of carbonyl (C=O) groups excluding carboxylic acids is 1. The van der Waals surface area contributed by atoms with E-state index in [-0.39, 0.29) is 11.9 Å². The van der Waals surface area contributed by atoms with Crippen molar-refractivity contribution in [3.8, 4) is 11.3 Å². The van der Waals surface area contributed by atoms with Crippen LogP contribution in [0.1, 0.15) is 28.3 Å². The lowest BCUT2D eigenvalue weighted by molar-refractivity contribution is 0.0940. The zero-order valence-electron chi connectivity index (χ0n) is 12.4. The van der Waals surface area contributed by atoms with Gasteiger partial charge < -0.3 is 5.32 Å². The van der Waals surface area contributed by atoms with E-state index in [1.165, 1.54) is 11.3 Å². The predicted octanol–water partition coefficient (Wildman–Crippen LogP) is 4.35. The van der Waals surface area contributed by atoms with Gasteiger partial charge in [0.1, 0.15) is 5.01 Å². The first-order valence-electron chi connectivity index (χ1n) is 7.06. The van der Waals surface area contributed by atoms with Gasteiger partial charge in [-0.15, -0.1) is 11.3 Å². The SMILES string of the molecule is CC(NC(=O)c1ccccc1Cl)c1nc(-c2cccnc2)cs1. The molecule has 2 aromatic heterocycles. The molecule has 1 atom stereocenters. The van der Waals surface area contributed by atoms with Crippen molar-refractivity contribution < 1.29 is 4.79 Å². The van der Waals surface area contributed by atoms with E-state index < -0.39 is 0 Å². The molecule has 0 fully saturated rings. The average molecular weight is 344 g/mol. The molecule has 0 saturated heterocycles. The van der Waals surface area contributed by atoms with Crippen molar-refractivity contribution in [1.82, 2.24) is 15.3 Å². The van der Waals surface area contributed by atoms with Crippen molar-refractivity contribution in [3.63, 3.8) is 0 Å². The van der Waals surface area contributed by atoms with E-state index in [1.807, 2.05) is 24.4 Å². The van der Waals surface area contributed by atoms with Gasteiger partial charge in [0.2, 0.25) is 0 Å². The number of benzene rings is 1. The number of amides is 1. The van der Waals surface area contributed by atoms with Gasteiger partial charge in [0.15, 0.2) is 0 Å². The Bertz CT molecular complexity index is 819. The Labute approximate surface area is 143 Å². The first-order chi connectivity index (χ1) is 11.1. The molecule has 0 aliphatic rings. The number of nitrogens with one attached hydrogen (secondary N) is 1. The van der Waals surface area contributed by atoms with E-state index in [9.17, 15) is 4.79 Å². The Hall–Kier alpha value is -2.24. The van der Waals surface area contributed by atoms with Gasteiger partial charge in [-0.2, -0.15) is 0 Å². The summed E-state index contributed by atoms with van der Waals surface area (Å²) in [6, 6.07) is 10.6. The summed E-state index contributed by atoms with van der Waals surface area (Å²) in [6.07, 6.45) is 3.50. The van der Waals surface area contributed by atoms with Gasteiger partial charge in [0.05, 0.1) is 22.3 Å². The molecule has 0 radical (unpaired) electrons. The first-order valence-corrected chi connectivity index (χ1v) is 8.32. The Balaban J connectivity index is 1.74. The fourth-order valence-corrected chi connectivity index (χ4v) is 3.17. The third-order valence-corrected chi connectivity index (χ3v) is 4.67. The molecule has 116 valence electrons. The number of thiazole rings is 1. The van der Waals surface area contributed by atoms with Gasteiger partial charge in [-0.3, -0.25) is 9.78 Å². The third-order valence-electron chi connectivity index (χ3n) is 3.32. The number of nitrogens with zero attached hydrogens (tertiary/aromatic N) is 2. The smallest absolute Gasteiger partial charge is 0.253 e. The predicted molar refractivity (Wildman–Crippen MR) is 92.7 cm³/mol. The molecule has 2 heterocycles. The summed E-state index contributed by atoms with van der Waals surface area (Å²) in [5.74, 6) is -0.207. The molecule has 0 saturated carbocycles. The van der Waals surface area contributed by atoms with Gasteiger partial charge in [-0.05, 0) is 31.2 Å². The normalized spacial score (nSPS) is 11.9. The minimum absolute atomic E-state index is 0.200. The van der Waals surface area contributed by atoms with E-state index in [1.54, 1.807) is 36.7 Å². The molecule has 3 rings (SSSR count). The fourth-order valence-electron chi connectivity index (χ4n) is 2.11. The monoisotopic (exact) mass is 343 g/mol. The number of rotatable bonds is 4. The summed E-state index contributed by atoms with van der Waals surface area (Å²) in [4.78, 5) is 21.0. The second-order valence-corrected chi connectivity index (χ2v) is 6.28. The van der Waals surface area contributed by atoms with Crippen LogP contribution in [-0.4, -0.2) is 15.9 Å². The molecule has 1 N–H and O–H groups in total. The molecule has 1 amide bonds. The quantitative estimate of drug-likeness (QED) is 0.766. The van der Waals surface area contributed by atoms with Crippen LogP contribution >= 0.6 is 22.9 Å². The van der Waals surface area contributed by atoms with Crippen molar-refractivity contribution in [2.75, 3.05) is 0 Å². The highest BCUT2D eigenvalue weighted by Crippen LogP contribution is 2.25. The molecule has 0 aliphatic carbocycles. The Morgan fingerprint density at radius 3 is 2.83 bits per heavy atom. The van der Waals surface area contributed by atoms with Crippen molar-refractivity contribution in [2.45, 2.75) is 13.0 Å². The Morgan fingerprint density at radius 2 is 2.09 bits per heavy atom. The van der Waals surface area contributed by atoms with E-state index in [4.69, 9.17) is 11.6 Å². The van der Waals surface area contributed by atoms with Crippen LogP contribution in [0.2, 0.25) is 5.02 Å². The number of hydrogen-bond donors (Lipinski definition) is 1. The topological polar surface area (TPSA) is 54.9 Å². The summed E-state index contributed by atoms with van der Waals surface area (Å²) in [7, 11) is 0. The molecule has 4 nitrogen and oxygen atoms in total. The van der Waals surface area contributed by atoms with Crippen LogP contribution in [0.4, 0.5) is 0 Å².